The van der Waals surface area contributed by atoms with Crippen LogP contribution >= 0.6 is 0 Å². The highest BCUT2D eigenvalue weighted by Crippen LogP contribution is 2.33. The van der Waals surface area contributed by atoms with Crippen LogP contribution < -0.4 is 4.74 Å². The SMILES string of the molecule is CO/N=C1/CCc2c1cccc2-c1noc(-c2ccc(OC(C)C)c(C#N)c2)n1. The first kappa shape index (κ1) is 18.7. The number of nitrogens with zero attached hydrogens (tertiary/aromatic N) is 4. The number of hydrogen-bond acceptors (Lipinski definition) is 7. The van der Waals surface area contributed by atoms with Gasteiger partial charge in [-0.2, -0.15) is 10.2 Å². The molecule has 146 valence electrons. The van der Waals surface area contributed by atoms with Crippen LogP contribution in [0.3, 0.4) is 0 Å². The van der Waals surface area contributed by atoms with E-state index in [1.165, 1.54) is 0 Å². The van der Waals surface area contributed by atoms with Gasteiger partial charge < -0.3 is 14.1 Å². The van der Waals surface area contributed by atoms with Crippen molar-refractivity contribution in [3.63, 3.8) is 0 Å². The molecule has 7 heteroatoms. The zero-order chi connectivity index (χ0) is 20.4. The molecule has 1 aliphatic carbocycles. The molecule has 1 aromatic heterocycles. The van der Waals surface area contributed by atoms with Crippen molar-refractivity contribution in [2.75, 3.05) is 7.11 Å². The lowest BCUT2D eigenvalue weighted by Gasteiger charge is -2.11. The van der Waals surface area contributed by atoms with E-state index in [2.05, 4.69) is 21.4 Å². The molecular weight excluding hydrogens is 368 g/mol. The highest BCUT2D eigenvalue weighted by atomic mass is 16.6. The van der Waals surface area contributed by atoms with Crippen LogP contribution in [-0.4, -0.2) is 29.1 Å². The molecule has 0 N–H and O–H groups in total. The molecule has 0 amide bonds. The minimum Gasteiger partial charge on any atom is -0.490 e. The van der Waals surface area contributed by atoms with Gasteiger partial charge >= 0.3 is 0 Å². The molecule has 3 aromatic rings. The van der Waals surface area contributed by atoms with Gasteiger partial charge in [-0.25, -0.2) is 0 Å². The zero-order valence-electron chi connectivity index (χ0n) is 16.5. The van der Waals surface area contributed by atoms with Gasteiger partial charge in [0.05, 0.1) is 17.4 Å². The molecule has 4 rings (SSSR count). The predicted octanol–water partition coefficient (Wildman–Crippen LogP) is 4.36. The van der Waals surface area contributed by atoms with E-state index in [1.54, 1.807) is 19.2 Å². The largest absolute Gasteiger partial charge is 0.490 e. The van der Waals surface area contributed by atoms with E-state index in [0.29, 0.717) is 28.6 Å². The molecule has 0 aliphatic heterocycles. The van der Waals surface area contributed by atoms with Gasteiger partial charge in [0.1, 0.15) is 18.9 Å². The molecule has 1 aliphatic rings. The minimum absolute atomic E-state index is 0.0188. The first-order chi connectivity index (χ1) is 14.1. The Morgan fingerprint density at radius 2 is 2.00 bits per heavy atom. The Morgan fingerprint density at radius 1 is 1.17 bits per heavy atom. The fourth-order valence-electron chi connectivity index (χ4n) is 3.48. The average molecular weight is 388 g/mol. The number of oxime groups is 1. The van der Waals surface area contributed by atoms with Crippen molar-refractivity contribution in [3.05, 3.63) is 53.1 Å². The minimum atomic E-state index is -0.0188. The van der Waals surface area contributed by atoms with Gasteiger partial charge in [0, 0.05) is 16.7 Å². The number of nitriles is 1. The molecule has 0 radical (unpaired) electrons. The number of ether oxygens (including phenoxy) is 1. The van der Waals surface area contributed by atoms with Crippen LogP contribution in [0, 0.1) is 11.3 Å². The maximum Gasteiger partial charge on any atom is 0.258 e. The van der Waals surface area contributed by atoms with Gasteiger partial charge in [-0.3, -0.25) is 0 Å². The summed E-state index contributed by atoms with van der Waals surface area (Å²) in [4.78, 5) is 9.51. The number of aromatic nitrogens is 2. The molecule has 1 heterocycles. The van der Waals surface area contributed by atoms with Crippen molar-refractivity contribution >= 4 is 5.71 Å². The molecule has 0 spiro atoms. The van der Waals surface area contributed by atoms with Gasteiger partial charge in [-0.05, 0) is 50.5 Å². The molecular formula is C22H20N4O3. The molecule has 0 saturated carbocycles. The lowest BCUT2D eigenvalue weighted by Crippen LogP contribution is -2.06. The number of benzene rings is 2. The second kappa shape index (κ2) is 7.76. The Morgan fingerprint density at radius 3 is 2.76 bits per heavy atom. The smallest absolute Gasteiger partial charge is 0.258 e. The van der Waals surface area contributed by atoms with Crippen molar-refractivity contribution in [1.29, 1.82) is 5.26 Å². The lowest BCUT2D eigenvalue weighted by atomic mass is 10.0. The first-order valence-electron chi connectivity index (χ1n) is 9.38. The summed E-state index contributed by atoms with van der Waals surface area (Å²) in [6.45, 7) is 3.83. The summed E-state index contributed by atoms with van der Waals surface area (Å²) in [5.41, 5.74) is 5.13. The van der Waals surface area contributed by atoms with Gasteiger partial charge in [-0.15, -0.1) is 0 Å². The van der Waals surface area contributed by atoms with E-state index < -0.39 is 0 Å². The van der Waals surface area contributed by atoms with Crippen LogP contribution in [0.25, 0.3) is 22.8 Å². The normalized spacial score (nSPS) is 14.1. The van der Waals surface area contributed by atoms with Crippen molar-refractivity contribution in [2.45, 2.75) is 32.8 Å². The fraction of sp³-hybridized carbons (Fsp3) is 0.273. The quantitative estimate of drug-likeness (QED) is 0.603. The molecule has 2 aromatic carbocycles. The van der Waals surface area contributed by atoms with Crippen molar-refractivity contribution in [3.8, 4) is 34.7 Å². The Balaban J connectivity index is 1.69. The molecule has 0 saturated heterocycles. The molecule has 0 unspecified atom stereocenters. The van der Waals surface area contributed by atoms with Gasteiger partial charge in [-0.1, -0.05) is 28.5 Å². The monoisotopic (exact) mass is 388 g/mol. The summed E-state index contributed by atoms with van der Waals surface area (Å²) in [5, 5.41) is 17.7. The van der Waals surface area contributed by atoms with Crippen molar-refractivity contribution in [2.24, 2.45) is 5.16 Å². The molecule has 0 bridgehead atoms. The second-order valence-electron chi connectivity index (χ2n) is 6.96. The molecule has 7 nitrogen and oxygen atoms in total. The third kappa shape index (κ3) is 3.57. The second-order valence-corrected chi connectivity index (χ2v) is 6.96. The van der Waals surface area contributed by atoms with Crippen LogP contribution in [0.1, 0.15) is 37.0 Å². The fourth-order valence-corrected chi connectivity index (χ4v) is 3.48. The van der Waals surface area contributed by atoms with E-state index in [0.717, 1.165) is 35.2 Å². The number of fused-ring (bicyclic) bond motifs is 1. The first-order valence-corrected chi connectivity index (χ1v) is 9.38. The summed E-state index contributed by atoms with van der Waals surface area (Å²) in [6.07, 6.45) is 1.64. The summed E-state index contributed by atoms with van der Waals surface area (Å²) in [6, 6.07) is 13.4. The van der Waals surface area contributed by atoms with Gasteiger partial charge in [0.2, 0.25) is 5.82 Å². The van der Waals surface area contributed by atoms with E-state index >= 15 is 0 Å². The highest BCUT2D eigenvalue weighted by molar-refractivity contribution is 6.05. The van der Waals surface area contributed by atoms with E-state index in [9.17, 15) is 5.26 Å². The topological polar surface area (TPSA) is 93.5 Å². The standard InChI is InChI=1S/C22H20N4O3/c1-13(2)28-20-10-7-14(11-15(20)12-23)22-24-21(26-29-22)18-6-4-5-17-16(18)8-9-19(17)25-27-3/h4-7,10-11,13H,8-9H2,1-3H3/b25-19-. The zero-order valence-corrected chi connectivity index (χ0v) is 16.5. The van der Waals surface area contributed by atoms with E-state index in [-0.39, 0.29) is 6.10 Å². The van der Waals surface area contributed by atoms with Gasteiger partial charge in [0.15, 0.2) is 0 Å². The molecule has 0 atom stereocenters. The van der Waals surface area contributed by atoms with E-state index in [4.69, 9.17) is 14.1 Å². The average Bonchev–Trinajstić information content (AvgIpc) is 3.36. The summed E-state index contributed by atoms with van der Waals surface area (Å²) < 4.78 is 11.2. The van der Waals surface area contributed by atoms with Crippen LogP contribution in [0.15, 0.2) is 46.1 Å². The molecule has 0 fully saturated rings. The summed E-state index contributed by atoms with van der Waals surface area (Å²) in [7, 11) is 1.55. The van der Waals surface area contributed by atoms with Crippen LogP contribution in [-0.2, 0) is 11.3 Å². The Kier molecular flexibility index (Phi) is 5.00. The Hall–Kier alpha value is -3.66. The van der Waals surface area contributed by atoms with Gasteiger partial charge in [0.25, 0.3) is 5.89 Å². The number of rotatable bonds is 5. The third-order valence-corrected chi connectivity index (χ3v) is 4.68. The summed E-state index contributed by atoms with van der Waals surface area (Å²) in [5.74, 6) is 1.40. The molecule has 29 heavy (non-hydrogen) atoms. The predicted molar refractivity (Wildman–Crippen MR) is 108 cm³/mol. The lowest BCUT2D eigenvalue weighted by molar-refractivity contribution is 0.213. The maximum absolute atomic E-state index is 9.44. The number of hydrogen-bond donors (Lipinski definition) is 0. The van der Waals surface area contributed by atoms with Crippen LogP contribution in [0.2, 0.25) is 0 Å². The van der Waals surface area contributed by atoms with Crippen molar-refractivity contribution < 1.29 is 14.1 Å². The van der Waals surface area contributed by atoms with Crippen LogP contribution in [0.5, 0.6) is 5.75 Å². The van der Waals surface area contributed by atoms with Crippen LogP contribution in [0.4, 0.5) is 0 Å². The maximum atomic E-state index is 9.44. The Labute approximate surface area is 168 Å². The summed E-state index contributed by atoms with van der Waals surface area (Å²) >= 11 is 0. The third-order valence-electron chi connectivity index (χ3n) is 4.68. The Bertz CT molecular complexity index is 1130. The highest BCUT2D eigenvalue weighted by Gasteiger charge is 2.24. The van der Waals surface area contributed by atoms with E-state index in [1.807, 2.05) is 38.1 Å². The van der Waals surface area contributed by atoms with Crippen molar-refractivity contribution in [1.82, 2.24) is 10.1 Å².